The molecular formula is C23H18BrN3O4S. The first-order valence-corrected chi connectivity index (χ1v) is 10.8. The summed E-state index contributed by atoms with van der Waals surface area (Å²) in [6.45, 7) is 1.76. The van der Waals surface area contributed by atoms with Gasteiger partial charge < -0.3 is 19.6 Å². The van der Waals surface area contributed by atoms with Gasteiger partial charge in [0.2, 0.25) is 5.89 Å². The highest BCUT2D eigenvalue weighted by atomic mass is 79.9. The second-order valence-corrected chi connectivity index (χ2v) is 8.19. The van der Waals surface area contributed by atoms with Gasteiger partial charge in [-0.1, -0.05) is 18.2 Å². The van der Waals surface area contributed by atoms with Crippen LogP contribution in [0.25, 0.3) is 22.6 Å². The first-order valence-electron chi connectivity index (χ1n) is 9.58. The van der Waals surface area contributed by atoms with E-state index in [1.165, 1.54) is 0 Å². The zero-order chi connectivity index (χ0) is 22.7. The first-order chi connectivity index (χ1) is 15.4. The number of aryl methyl sites for hydroxylation is 1. The van der Waals surface area contributed by atoms with Gasteiger partial charge in [0, 0.05) is 11.3 Å². The number of fused-ring (bicyclic) bond motifs is 1. The smallest absolute Gasteiger partial charge is 0.264 e. The topological polar surface area (TPSA) is 96.6 Å². The van der Waals surface area contributed by atoms with E-state index in [0.29, 0.717) is 32.9 Å². The number of hydrogen-bond donors (Lipinski definition) is 3. The summed E-state index contributed by atoms with van der Waals surface area (Å²) in [7, 11) is 0. The number of halogens is 1. The average Bonchev–Trinajstić information content (AvgIpc) is 3.18. The molecule has 0 spiro atoms. The third-order valence-electron chi connectivity index (χ3n) is 4.55. The van der Waals surface area contributed by atoms with Gasteiger partial charge in [0.15, 0.2) is 17.3 Å². The van der Waals surface area contributed by atoms with Crippen molar-refractivity contribution in [2.75, 3.05) is 11.9 Å². The van der Waals surface area contributed by atoms with Crippen LogP contribution in [0.15, 0.2) is 69.6 Å². The predicted molar refractivity (Wildman–Crippen MR) is 130 cm³/mol. The molecule has 32 heavy (non-hydrogen) atoms. The lowest BCUT2D eigenvalue weighted by molar-refractivity contribution is -0.121. The zero-order valence-corrected chi connectivity index (χ0v) is 19.3. The van der Waals surface area contributed by atoms with E-state index in [4.69, 9.17) is 21.4 Å². The van der Waals surface area contributed by atoms with Crippen molar-refractivity contribution >= 4 is 56.0 Å². The number of rotatable bonds is 5. The summed E-state index contributed by atoms with van der Waals surface area (Å²) < 4.78 is 11.9. The number of ether oxygens (including phenoxy) is 1. The standard InChI is InChI=1S/C23H18BrN3O4S/c1-13-4-2-3-5-19(13)30-12-21(29)27-23(32)25-15-7-9-20-17(11-15)26-22(31-20)14-6-8-18(28)16(24)10-14/h2-11,28H,12H2,1H3,(H2,25,27,29,32). The van der Waals surface area contributed by atoms with Crippen molar-refractivity contribution < 1.29 is 19.1 Å². The molecule has 4 rings (SSSR count). The van der Waals surface area contributed by atoms with Crippen molar-refractivity contribution in [1.82, 2.24) is 10.3 Å². The number of thiocarbonyl (C=S) groups is 1. The summed E-state index contributed by atoms with van der Waals surface area (Å²) >= 11 is 8.51. The highest BCUT2D eigenvalue weighted by Crippen LogP contribution is 2.31. The van der Waals surface area contributed by atoms with Gasteiger partial charge in [-0.25, -0.2) is 4.98 Å². The van der Waals surface area contributed by atoms with Crippen molar-refractivity contribution in [3.63, 3.8) is 0 Å². The zero-order valence-electron chi connectivity index (χ0n) is 16.9. The van der Waals surface area contributed by atoms with Crippen molar-refractivity contribution in [3.05, 3.63) is 70.7 Å². The van der Waals surface area contributed by atoms with Crippen molar-refractivity contribution in [2.24, 2.45) is 0 Å². The van der Waals surface area contributed by atoms with Gasteiger partial charge in [0.1, 0.15) is 17.0 Å². The Morgan fingerprint density at radius 2 is 2.00 bits per heavy atom. The molecule has 7 nitrogen and oxygen atoms in total. The number of para-hydroxylation sites is 1. The summed E-state index contributed by atoms with van der Waals surface area (Å²) in [6, 6.07) is 17.8. The average molecular weight is 512 g/mol. The molecule has 4 aromatic rings. The van der Waals surface area contributed by atoms with Crippen molar-refractivity contribution in [1.29, 1.82) is 0 Å². The second-order valence-electron chi connectivity index (χ2n) is 6.92. The summed E-state index contributed by atoms with van der Waals surface area (Å²) in [5.41, 5.74) is 3.52. The van der Waals surface area contributed by atoms with E-state index in [9.17, 15) is 9.90 Å². The number of anilines is 1. The number of phenols is 1. The monoisotopic (exact) mass is 511 g/mol. The third kappa shape index (κ3) is 5.06. The van der Waals surface area contributed by atoms with Crippen LogP contribution in [0.1, 0.15) is 5.56 Å². The molecule has 0 atom stereocenters. The highest BCUT2D eigenvalue weighted by molar-refractivity contribution is 9.10. The molecule has 0 aliphatic heterocycles. The minimum Gasteiger partial charge on any atom is -0.507 e. The first kappa shape index (κ1) is 21.8. The van der Waals surface area contributed by atoms with Gasteiger partial charge in [0.25, 0.3) is 5.91 Å². The number of oxazole rings is 1. The van der Waals surface area contributed by atoms with Gasteiger partial charge in [-0.05, 0) is 83.1 Å². The van der Waals surface area contributed by atoms with E-state index in [1.54, 1.807) is 42.5 Å². The molecule has 0 radical (unpaired) electrons. The van der Waals surface area contributed by atoms with Crippen molar-refractivity contribution in [3.8, 4) is 23.0 Å². The van der Waals surface area contributed by atoms with Gasteiger partial charge in [-0.3, -0.25) is 10.1 Å². The number of hydrogen-bond acceptors (Lipinski definition) is 6. The summed E-state index contributed by atoms with van der Waals surface area (Å²) in [5, 5.41) is 15.4. The number of aromatic nitrogens is 1. The van der Waals surface area contributed by atoms with Gasteiger partial charge in [0.05, 0.1) is 4.47 Å². The number of amides is 1. The Morgan fingerprint density at radius 3 is 2.78 bits per heavy atom. The molecule has 1 amide bonds. The largest absolute Gasteiger partial charge is 0.507 e. The van der Waals surface area contributed by atoms with Crippen LogP contribution in [0.4, 0.5) is 5.69 Å². The quantitative estimate of drug-likeness (QED) is 0.318. The predicted octanol–water partition coefficient (Wildman–Crippen LogP) is 5.16. The molecule has 162 valence electrons. The van der Waals surface area contributed by atoms with Crippen LogP contribution < -0.4 is 15.4 Å². The van der Waals surface area contributed by atoms with E-state index < -0.39 is 0 Å². The number of carbonyl (C=O) groups excluding carboxylic acids is 1. The van der Waals surface area contributed by atoms with Crippen LogP contribution >= 0.6 is 28.1 Å². The maximum absolute atomic E-state index is 12.1. The van der Waals surface area contributed by atoms with Crippen LogP contribution in [0.3, 0.4) is 0 Å². The number of phenolic OH excluding ortho intramolecular Hbond substituents is 1. The minimum atomic E-state index is -0.367. The molecule has 9 heteroatoms. The van der Waals surface area contributed by atoms with E-state index in [1.807, 2.05) is 25.1 Å². The molecule has 1 heterocycles. The van der Waals surface area contributed by atoms with Crippen LogP contribution in [-0.4, -0.2) is 27.7 Å². The Bertz CT molecular complexity index is 1320. The fourth-order valence-corrected chi connectivity index (χ4v) is 3.57. The lowest BCUT2D eigenvalue weighted by Crippen LogP contribution is -2.37. The second kappa shape index (κ2) is 9.37. The fourth-order valence-electron chi connectivity index (χ4n) is 2.96. The van der Waals surface area contributed by atoms with Gasteiger partial charge >= 0.3 is 0 Å². The summed E-state index contributed by atoms with van der Waals surface area (Å²) in [6.07, 6.45) is 0. The Hall–Kier alpha value is -3.43. The van der Waals surface area contributed by atoms with E-state index in [2.05, 4.69) is 31.5 Å². The molecular weight excluding hydrogens is 494 g/mol. The van der Waals surface area contributed by atoms with Crippen LogP contribution in [0.5, 0.6) is 11.5 Å². The SMILES string of the molecule is Cc1ccccc1OCC(=O)NC(=S)Nc1ccc2oc(-c3ccc(O)c(Br)c3)nc2c1. The lowest BCUT2D eigenvalue weighted by Gasteiger charge is -2.11. The number of carbonyl (C=O) groups is 1. The Kier molecular flexibility index (Phi) is 6.38. The van der Waals surface area contributed by atoms with Crippen LogP contribution in [0, 0.1) is 6.92 Å². The highest BCUT2D eigenvalue weighted by Gasteiger charge is 2.12. The molecule has 0 aliphatic carbocycles. The Morgan fingerprint density at radius 1 is 1.19 bits per heavy atom. The van der Waals surface area contributed by atoms with Gasteiger partial charge in [-0.15, -0.1) is 0 Å². The lowest BCUT2D eigenvalue weighted by atomic mass is 10.2. The molecule has 0 bridgehead atoms. The summed E-state index contributed by atoms with van der Waals surface area (Å²) in [4.78, 5) is 16.6. The Balaban J connectivity index is 1.39. The minimum absolute atomic E-state index is 0.135. The summed E-state index contributed by atoms with van der Waals surface area (Å²) in [5.74, 6) is 0.834. The molecule has 0 saturated carbocycles. The van der Waals surface area contributed by atoms with Gasteiger partial charge in [-0.2, -0.15) is 0 Å². The van der Waals surface area contributed by atoms with E-state index >= 15 is 0 Å². The van der Waals surface area contributed by atoms with E-state index in [-0.39, 0.29) is 23.4 Å². The number of nitrogens with one attached hydrogen (secondary N) is 2. The maximum Gasteiger partial charge on any atom is 0.264 e. The molecule has 0 saturated heterocycles. The number of benzene rings is 3. The molecule has 0 fully saturated rings. The fraction of sp³-hybridized carbons (Fsp3) is 0.0870. The van der Waals surface area contributed by atoms with Crippen molar-refractivity contribution in [2.45, 2.75) is 6.92 Å². The molecule has 3 N–H and O–H groups in total. The van der Waals surface area contributed by atoms with Crippen LogP contribution in [-0.2, 0) is 4.79 Å². The van der Waals surface area contributed by atoms with E-state index in [0.717, 1.165) is 11.1 Å². The third-order valence-corrected chi connectivity index (χ3v) is 5.38. The Labute approximate surface area is 197 Å². The molecule has 3 aromatic carbocycles. The molecule has 0 unspecified atom stereocenters. The maximum atomic E-state index is 12.1. The number of aromatic hydroxyl groups is 1. The van der Waals surface area contributed by atoms with Crippen LogP contribution in [0.2, 0.25) is 0 Å². The number of nitrogens with zero attached hydrogens (tertiary/aromatic N) is 1. The molecule has 0 aliphatic rings. The molecule has 1 aromatic heterocycles. The normalized spacial score (nSPS) is 10.7.